The Balaban J connectivity index is 1.98. The predicted molar refractivity (Wildman–Crippen MR) is 93.8 cm³/mol. The first-order chi connectivity index (χ1) is 10.5. The van der Waals surface area contributed by atoms with E-state index in [1.54, 1.807) is 19.1 Å². The summed E-state index contributed by atoms with van der Waals surface area (Å²) in [5, 5.41) is 2.72. The Morgan fingerprint density at radius 1 is 1.09 bits per heavy atom. The summed E-state index contributed by atoms with van der Waals surface area (Å²) in [7, 11) is 0. The van der Waals surface area contributed by atoms with Crippen molar-refractivity contribution in [2.24, 2.45) is 0 Å². The van der Waals surface area contributed by atoms with Gasteiger partial charge in [0.15, 0.2) is 6.10 Å². The summed E-state index contributed by atoms with van der Waals surface area (Å²) in [6.45, 7) is 3.52. The molecule has 0 saturated heterocycles. The molecule has 1 amide bonds. The zero-order valence-corrected chi connectivity index (χ0v) is 14.5. The van der Waals surface area contributed by atoms with Crippen molar-refractivity contribution in [1.82, 2.24) is 0 Å². The molecule has 1 N–H and O–H groups in total. The van der Waals surface area contributed by atoms with Crippen LogP contribution in [0.1, 0.15) is 22.8 Å². The molecule has 0 aromatic heterocycles. The van der Waals surface area contributed by atoms with Gasteiger partial charge in [0.05, 0.1) is 5.56 Å². The van der Waals surface area contributed by atoms with Gasteiger partial charge in [-0.15, -0.1) is 0 Å². The van der Waals surface area contributed by atoms with E-state index in [4.69, 9.17) is 4.74 Å². The van der Waals surface area contributed by atoms with Crippen molar-refractivity contribution in [3.8, 4) is 0 Å². The van der Waals surface area contributed by atoms with Crippen LogP contribution >= 0.6 is 22.6 Å². The molecule has 0 unspecified atom stereocenters. The monoisotopic (exact) mass is 409 g/mol. The number of aryl methyl sites for hydroxylation is 1. The molecule has 2 rings (SSSR count). The molecule has 0 heterocycles. The number of halogens is 1. The maximum Gasteiger partial charge on any atom is 0.339 e. The van der Waals surface area contributed by atoms with Crippen LogP contribution in [0.2, 0.25) is 0 Å². The van der Waals surface area contributed by atoms with Crippen LogP contribution in [0.5, 0.6) is 0 Å². The summed E-state index contributed by atoms with van der Waals surface area (Å²) >= 11 is 2.06. The van der Waals surface area contributed by atoms with Gasteiger partial charge >= 0.3 is 5.97 Å². The molecular weight excluding hydrogens is 393 g/mol. The van der Waals surface area contributed by atoms with Crippen molar-refractivity contribution < 1.29 is 14.3 Å². The quantitative estimate of drug-likeness (QED) is 0.618. The summed E-state index contributed by atoms with van der Waals surface area (Å²) in [6, 6.07) is 14.5. The lowest BCUT2D eigenvalue weighted by Gasteiger charge is -2.14. The fraction of sp³-hybridized carbons (Fsp3) is 0.176. The molecule has 0 aliphatic carbocycles. The predicted octanol–water partition coefficient (Wildman–Crippen LogP) is 3.78. The number of amides is 1. The van der Waals surface area contributed by atoms with Crippen molar-refractivity contribution in [3.63, 3.8) is 0 Å². The van der Waals surface area contributed by atoms with Gasteiger partial charge in [0.25, 0.3) is 5.91 Å². The molecule has 0 saturated carbocycles. The van der Waals surface area contributed by atoms with Gasteiger partial charge in [-0.1, -0.05) is 29.8 Å². The number of nitrogens with one attached hydrogen (secondary N) is 1. The topological polar surface area (TPSA) is 55.4 Å². The highest BCUT2D eigenvalue weighted by molar-refractivity contribution is 14.1. The second-order valence-electron chi connectivity index (χ2n) is 4.88. The van der Waals surface area contributed by atoms with Gasteiger partial charge in [-0.2, -0.15) is 0 Å². The molecule has 2 aromatic carbocycles. The van der Waals surface area contributed by atoms with E-state index in [1.807, 2.05) is 43.3 Å². The van der Waals surface area contributed by atoms with E-state index >= 15 is 0 Å². The van der Waals surface area contributed by atoms with Crippen LogP contribution in [0.15, 0.2) is 48.5 Å². The highest BCUT2D eigenvalue weighted by Gasteiger charge is 2.20. The van der Waals surface area contributed by atoms with Crippen LogP contribution < -0.4 is 5.32 Å². The summed E-state index contributed by atoms with van der Waals surface area (Å²) in [4.78, 5) is 24.1. The second-order valence-corrected chi connectivity index (χ2v) is 6.04. The summed E-state index contributed by atoms with van der Waals surface area (Å²) in [5.41, 5.74) is 2.24. The molecule has 0 radical (unpaired) electrons. The van der Waals surface area contributed by atoms with E-state index in [1.165, 1.54) is 0 Å². The fourth-order valence-corrected chi connectivity index (χ4v) is 2.39. The Labute approximate surface area is 143 Å². The molecule has 2 aromatic rings. The Kier molecular flexibility index (Phi) is 5.54. The number of hydrogen-bond donors (Lipinski definition) is 1. The molecule has 1 atom stereocenters. The lowest BCUT2D eigenvalue weighted by Crippen LogP contribution is -2.30. The van der Waals surface area contributed by atoms with Crippen molar-refractivity contribution in [2.45, 2.75) is 20.0 Å². The number of anilines is 1. The average molecular weight is 409 g/mol. The molecule has 0 fully saturated rings. The molecule has 0 aliphatic rings. The van der Waals surface area contributed by atoms with E-state index in [9.17, 15) is 9.59 Å². The Morgan fingerprint density at radius 2 is 1.73 bits per heavy atom. The van der Waals surface area contributed by atoms with E-state index in [0.717, 1.165) is 9.13 Å². The van der Waals surface area contributed by atoms with Gasteiger partial charge < -0.3 is 10.1 Å². The van der Waals surface area contributed by atoms with E-state index in [2.05, 4.69) is 27.9 Å². The lowest BCUT2D eigenvalue weighted by molar-refractivity contribution is -0.123. The van der Waals surface area contributed by atoms with Crippen LogP contribution in [0, 0.1) is 10.5 Å². The van der Waals surface area contributed by atoms with Crippen molar-refractivity contribution in [3.05, 3.63) is 63.2 Å². The molecule has 0 bridgehead atoms. The number of hydrogen-bond acceptors (Lipinski definition) is 3. The van der Waals surface area contributed by atoms with Gasteiger partial charge in [-0.05, 0) is 60.7 Å². The van der Waals surface area contributed by atoms with E-state index < -0.39 is 12.1 Å². The fourth-order valence-electron chi connectivity index (χ4n) is 1.79. The average Bonchev–Trinajstić information content (AvgIpc) is 2.49. The standard InChI is InChI=1S/C17H16INO3/c1-11-7-9-13(10-8-11)19-16(20)12(2)22-17(21)14-5-3-4-6-15(14)18/h3-10,12H,1-2H3,(H,19,20)/t12-/m1/s1. The van der Waals surface area contributed by atoms with E-state index in [-0.39, 0.29) is 5.91 Å². The minimum atomic E-state index is -0.871. The van der Waals surface area contributed by atoms with Gasteiger partial charge in [0, 0.05) is 9.26 Å². The zero-order chi connectivity index (χ0) is 16.1. The SMILES string of the molecule is Cc1ccc(NC(=O)[C@@H](C)OC(=O)c2ccccc2I)cc1. The normalized spacial score (nSPS) is 11.6. The molecular formula is C17H16INO3. The molecule has 22 heavy (non-hydrogen) atoms. The minimum Gasteiger partial charge on any atom is -0.449 e. The van der Waals surface area contributed by atoms with Gasteiger partial charge in [0.1, 0.15) is 0 Å². The van der Waals surface area contributed by atoms with Crippen LogP contribution in [-0.2, 0) is 9.53 Å². The first-order valence-electron chi connectivity index (χ1n) is 6.80. The third-order valence-corrected chi connectivity index (χ3v) is 4.01. The maximum absolute atomic E-state index is 12.1. The van der Waals surface area contributed by atoms with Gasteiger partial charge in [-0.25, -0.2) is 4.79 Å². The summed E-state index contributed by atoms with van der Waals surface area (Å²) < 4.78 is 6.01. The highest BCUT2D eigenvalue weighted by Crippen LogP contribution is 2.14. The zero-order valence-electron chi connectivity index (χ0n) is 12.3. The first-order valence-corrected chi connectivity index (χ1v) is 7.88. The number of rotatable bonds is 4. The molecule has 114 valence electrons. The second kappa shape index (κ2) is 7.40. The third kappa shape index (κ3) is 4.30. The molecule has 5 heteroatoms. The number of esters is 1. The summed E-state index contributed by atoms with van der Waals surface area (Å²) in [5.74, 6) is -0.861. The first kappa shape index (κ1) is 16.5. The maximum atomic E-state index is 12.1. The Morgan fingerprint density at radius 3 is 2.36 bits per heavy atom. The Hall–Kier alpha value is -1.89. The Bertz CT molecular complexity index is 683. The number of ether oxygens (including phenoxy) is 1. The van der Waals surface area contributed by atoms with Crippen LogP contribution in [0.25, 0.3) is 0 Å². The molecule has 0 aliphatic heterocycles. The number of carbonyl (C=O) groups is 2. The number of benzene rings is 2. The van der Waals surface area contributed by atoms with Crippen molar-refractivity contribution in [1.29, 1.82) is 0 Å². The third-order valence-electron chi connectivity index (χ3n) is 3.07. The van der Waals surface area contributed by atoms with Crippen molar-refractivity contribution >= 4 is 40.2 Å². The van der Waals surface area contributed by atoms with Gasteiger partial charge in [-0.3, -0.25) is 4.79 Å². The summed E-state index contributed by atoms with van der Waals surface area (Å²) in [6.07, 6.45) is -0.871. The lowest BCUT2D eigenvalue weighted by atomic mass is 10.2. The van der Waals surface area contributed by atoms with Crippen LogP contribution in [0.4, 0.5) is 5.69 Å². The smallest absolute Gasteiger partial charge is 0.339 e. The van der Waals surface area contributed by atoms with E-state index in [0.29, 0.717) is 11.3 Å². The van der Waals surface area contributed by atoms with Crippen LogP contribution in [-0.4, -0.2) is 18.0 Å². The molecule has 4 nitrogen and oxygen atoms in total. The van der Waals surface area contributed by atoms with Crippen LogP contribution in [0.3, 0.4) is 0 Å². The van der Waals surface area contributed by atoms with Gasteiger partial charge in [0.2, 0.25) is 0 Å². The van der Waals surface area contributed by atoms with Crippen molar-refractivity contribution in [2.75, 3.05) is 5.32 Å². The molecule has 0 spiro atoms. The largest absolute Gasteiger partial charge is 0.449 e. The highest BCUT2D eigenvalue weighted by atomic mass is 127. The number of carbonyl (C=O) groups excluding carboxylic acids is 2. The minimum absolute atomic E-state index is 0.358.